The number of terminal acetylenes is 1. The Bertz CT molecular complexity index is 284. The van der Waals surface area contributed by atoms with Crippen LogP contribution in [-0.2, 0) is 14.3 Å². The molecule has 90 valence electrons. The first-order chi connectivity index (χ1) is 7.68. The van der Waals surface area contributed by atoms with Crippen molar-refractivity contribution in [1.29, 1.82) is 0 Å². The SMILES string of the molecule is C#CCNC1(C(=O)OC)CCOC(CC)C1. The normalized spacial score (nSPS) is 29.4. The lowest BCUT2D eigenvalue weighted by Crippen LogP contribution is -2.57. The number of rotatable bonds is 4. The average molecular weight is 225 g/mol. The van der Waals surface area contributed by atoms with E-state index in [9.17, 15) is 4.79 Å². The molecule has 1 rings (SSSR count). The predicted molar refractivity (Wildman–Crippen MR) is 60.8 cm³/mol. The van der Waals surface area contributed by atoms with Crippen molar-refractivity contribution in [3.63, 3.8) is 0 Å². The fourth-order valence-electron chi connectivity index (χ4n) is 2.05. The Hall–Kier alpha value is -1.05. The molecule has 4 nitrogen and oxygen atoms in total. The summed E-state index contributed by atoms with van der Waals surface area (Å²) in [4.78, 5) is 11.8. The third kappa shape index (κ3) is 2.75. The van der Waals surface area contributed by atoms with E-state index in [0.29, 0.717) is 26.0 Å². The molecule has 1 aliphatic heterocycles. The highest BCUT2D eigenvalue weighted by Crippen LogP contribution is 2.27. The second-order valence-corrected chi connectivity index (χ2v) is 3.99. The molecule has 0 aromatic carbocycles. The molecule has 4 heteroatoms. The van der Waals surface area contributed by atoms with Crippen LogP contribution in [0.5, 0.6) is 0 Å². The molecule has 0 aromatic heterocycles. The summed E-state index contributed by atoms with van der Waals surface area (Å²) < 4.78 is 10.4. The van der Waals surface area contributed by atoms with Gasteiger partial charge in [0.15, 0.2) is 0 Å². The van der Waals surface area contributed by atoms with Crippen LogP contribution in [0.3, 0.4) is 0 Å². The van der Waals surface area contributed by atoms with E-state index in [4.69, 9.17) is 15.9 Å². The van der Waals surface area contributed by atoms with Gasteiger partial charge in [-0.05, 0) is 12.8 Å². The molecular weight excluding hydrogens is 206 g/mol. The number of nitrogens with one attached hydrogen (secondary N) is 1. The molecule has 0 radical (unpaired) electrons. The minimum Gasteiger partial charge on any atom is -0.468 e. The van der Waals surface area contributed by atoms with Crippen LogP contribution in [-0.4, -0.2) is 37.9 Å². The first-order valence-corrected chi connectivity index (χ1v) is 5.57. The van der Waals surface area contributed by atoms with Crippen LogP contribution in [0.15, 0.2) is 0 Å². The van der Waals surface area contributed by atoms with Crippen molar-refractivity contribution in [2.45, 2.75) is 37.8 Å². The third-order valence-electron chi connectivity index (χ3n) is 3.02. The summed E-state index contributed by atoms with van der Waals surface area (Å²) in [6.45, 7) is 2.97. The second kappa shape index (κ2) is 5.88. The monoisotopic (exact) mass is 225 g/mol. The van der Waals surface area contributed by atoms with E-state index in [1.165, 1.54) is 7.11 Å². The molecule has 1 fully saturated rings. The van der Waals surface area contributed by atoms with Crippen molar-refractivity contribution in [3.05, 3.63) is 0 Å². The summed E-state index contributed by atoms with van der Waals surface area (Å²) in [5.41, 5.74) is -0.667. The molecular formula is C12H19NO3. The van der Waals surface area contributed by atoms with Crippen molar-refractivity contribution in [3.8, 4) is 12.3 Å². The summed E-state index contributed by atoms with van der Waals surface area (Å²) in [5, 5.41) is 3.11. The summed E-state index contributed by atoms with van der Waals surface area (Å²) >= 11 is 0. The minimum atomic E-state index is -0.667. The summed E-state index contributed by atoms with van der Waals surface area (Å²) in [6, 6.07) is 0. The van der Waals surface area contributed by atoms with E-state index in [0.717, 1.165) is 6.42 Å². The first-order valence-electron chi connectivity index (χ1n) is 5.57. The molecule has 0 saturated carbocycles. The highest BCUT2D eigenvalue weighted by molar-refractivity contribution is 5.81. The van der Waals surface area contributed by atoms with Crippen LogP contribution in [0.25, 0.3) is 0 Å². The van der Waals surface area contributed by atoms with Crippen LogP contribution in [0.2, 0.25) is 0 Å². The van der Waals surface area contributed by atoms with Gasteiger partial charge in [0.05, 0.1) is 19.8 Å². The van der Waals surface area contributed by atoms with Gasteiger partial charge < -0.3 is 9.47 Å². The van der Waals surface area contributed by atoms with Crippen LogP contribution < -0.4 is 5.32 Å². The average Bonchev–Trinajstić information content (AvgIpc) is 2.35. The van der Waals surface area contributed by atoms with E-state index < -0.39 is 5.54 Å². The highest BCUT2D eigenvalue weighted by atomic mass is 16.5. The lowest BCUT2D eigenvalue weighted by atomic mass is 9.85. The van der Waals surface area contributed by atoms with Gasteiger partial charge in [0.25, 0.3) is 0 Å². The Labute approximate surface area is 96.7 Å². The number of hydrogen-bond donors (Lipinski definition) is 1. The molecule has 1 saturated heterocycles. The molecule has 0 bridgehead atoms. The molecule has 0 aromatic rings. The molecule has 2 atom stereocenters. The Morgan fingerprint density at radius 2 is 2.50 bits per heavy atom. The van der Waals surface area contributed by atoms with Crippen molar-refractivity contribution in [2.75, 3.05) is 20.3 Å². The zero-order chi connectivity index (χ0) is 12.0. The summed E-state index contributed by atoms with van der Waals surface area (Å²) in [6.07, 6.45) is 7.43. The second-order valence-electron chi connectivity index (χ2n) is 3.99. The maximum atomic E-state index is 11.8. The van der Waals surface area contributed by atoms with Crippen molar-refractivity contribution < 1.29 is 14.3 Å². The van der Waals surface area contributed by atoms with Gasteiger partial charge in [-0.1, -0.05) is 12.8 Å². The van der Waals surface area contributed by atoms with Gasteiger partial charge in [-0.2, -0.15) is 0 Å². The topological polar surface area (TPSA) is 47.6 Å². The number of ether oxygens (including phenoxy) is 2. The zero-order valence-corrected chi connectivity index (χ0v) is 9.91. The van der Waals surface area contributed by atoms with Crippen LogP contribution in [0.4, 0.5) is 0 Å². The lowest BCUT2D eigenvalue weighted by Gasteiger charge is -2.38. The Kier molecular flexibility index (Phi) is 4.78. The van der Waals surface area contributed by atoms with Gasteiger partial charge >= 0.3 is 5.97 Å². The van der Waals surface area contributed by atoms with Gasteiger partial charge in [-0.15, -0.1) is 6.42 Å². The van der Waals surface area contributed by atoms with Gasteiger partial charge in [-0.25, -0.2) is 0 Å². The Balaban J connectivity index is 2.77. The largest absolute Gasteiger partial charge is 0.468 e. The molecule has 2 unspecified atom stereocenters. The quantitative estimate of drug-likeness (QED) is 0.565. The number of methoxy groups -OCH3 is 1. The third-order valence-corrected chi connectivity index (χ3v) is 3.02. The van der Waals surface area contributed by atoms with Gasteiger partial charge in [0.2, 0.25) is 0 Å². The van der Waals surface area contributed by atoms with E-state index in [1.54, 1.807) is 0 Å². The van der Waals surface area contributed by atoms with Gasteiger partial charge in [0.1, 0.15) is 5.54 Å². The highest BCUT2D eigenvalue weighted by Gasteiger charge is 2.43. The summed E-state index contributed by atoms with van der Waals surface area (Å²) in [5.74, 6) is 2.25. The molecule has 1 N–H and O–H groups in total. The van der Waals surface area contributed by atoms with Crippen LogP contribution in [0, 0.1) is 12.3 Å². The molecule has 0 spiro atoms. The first kappa shape index (κ1) is 13.0. The van der Waals surface area contributed by atoms with E-state index in [1.807, 2.05) is 6.92 Å². The van der Waals surface area contributed by atoms with Crippen molar-refractivity contribution >= 4 is 5.97 Å². The maximum absolute atomic E-state index is 11.8. The number of esters is 1. The zero-order valence-electron chi connectivity index (χ0n) is 9.91. The Morgan fingerprint density at radius 3 is 3.06 bits per heavy atom. The molecule has 1 heterocycles. The smallest absolute Gasteiger partial charge is 0.326 e. The van der Waals surface area contributed by atoms with Crippen LogP contribution in [0.1, 0.15) is 26.2 Å². The number of hydrogen-bond acceptors (Lipinski definition) is 4. The number of carbonyl (C=O) groups excluding carboxylic acids is 1. The Morgan fingerprint density at radius 1 is 1.75 bits per heavy atom. The molecule has 1 aliphatic rings. The lowest BCUT2D eigenvalue weighted by molar-refractivity contribution is -0.155. The number of carbonyl (C=O) groups is 1. The van der Waals surface area contributed by atoms with Gasteiger partial charge in [0, 0.05) is 13.0 Å². The summed E-state index contributed by atoms with van der Waals surface area (Å²) in [7, 11) is 1.40. The van der Waals surface area contributed by atoms with Crippen molar-refractivity contribution in [1.82, 2.24) is 5.32 Å². The predicted octanol–water partition coefficient (Wildman–Crippen LogP) is 0.710. The van der Waals surface area contributed by atoms with Gasteiger partial charge in [-0.3, -0.25) is 10.1 Å². The molecule has 0 aliphatic carbocycles. The molecule has 16 heavy (non-hydrogen) atoms. The van der Waals surface area contributed by atoms with E-state index in [2.05, 4.69) is 11.2 Å². The molecule has 0 amide bonds. The fourth-order valence-corrected chi connectivity index (χ4v) is 2.05. The standard InChI is InChI=1S/C12H19NO3/c1-4-7-13-12(11(14)15-3)6-8-16-10(5-2)9-12/h1,10,13H,5-9H2,2-3H3. The minimum absolute atomic E-state index is 0.0955. The van der Waals surface area contributed by atoms with Crippen LogP contribution >= 0.6 is 0 Å². The maximum Gasteiger partial charge on any atom is 0.326 e. The van der Waals surface area contributed by atoms with Crippen molar-refractivity contribution in [2.24, 2.45) is 0 Å². The van der Waals surface area contributed by atoms with E-state index in [-0.39, 0.29) is 12.1 Å². The fraction of sp³-hybridized carbons (Fsp3) is 0.750. The van der Waals surface area contributed by atoms with E-state index >= 15 is 0 Å².